The standard InChI is InChI=1S/C22H27N5O3S/c23-14-19-20(17-4-2-1-3-5-17)24-22(25-21(19)27-8-12-30-13-9-27)31-16-18(28)15-26-6-10-29-11-7-26/h1-5,18,28H,6-13,15-16H2. The number of morpholine rings is 2. The van der Waals surface area contributed by atoms with Crippen LogP contribution in [0.5, 0.6) is 0 Å². The zero-order valence-electron chi connectivity index (χ0n) is 17.4. The molecule has 0 amide bonds. The average Bonchev–Trinajstić information content (AvgIpc) is 2.84. The lowest BCUT2D eigenvalue weighted by Crippen LogP contribution is -2.41. The summed E-state index contributed by atoms with van der Waals surface area (Å²) in [5, 5.41) is 21.0. The topological polar surface area (TPSA) is 94.7 Å². The van der Waals surface area contributed by atoms with Crippen molar-refractivity contribution in [3.8, 4) is 17.3 Å². The van der Waals surface area contributed by atoms with Crippen LogP contribution in [0, 0.1) is 11.3 Å². The van der Waals surface area contributed by atoms with Crippen LogP contribution in [0.15, 0.2) is 35.5 Å². The predicted octanol–water partition coefficient (Wildman–Crippen LogP) is 1.64. The minimum absolute atomic E-state index is 0.478. The molecule has 0 aliphatic carbocycles. The Kier molecular flexibility index (Phi) is 7.72. The van der Waals surface area contributed by atoms with Gasteiger partial charge in [0.2, 0.25) is 0 Å². The van der Waals surface area contributed by atoms with Gasteiger partial charge in [-0.25, -0.2) is 9.97 Å². The van der Waals surface area contributed by atoms with Crippen molar-refractivity contribution in [1.29, 1.82) is 5.26 Å². The molecule has 31 heavy (non-hydrogen) atoms. The Morgan fingerprint density at radius 2 is 1.71 bits per heavy atom. The van der Waals surface area contributed by atoms with E-state index in [1.165, 1.54) is 11.8 Å². The van der Waals surface area contributed by atoms with Gasteiger partial charge in [0.1, 0.15) is 11.6 Å². The quantitative estimate of drug-likeness (QED) is 0.508. The second-order valence-electron chi connectivity index (χ2n) is 7.51. The van der Waals surface area contributed by atoms with Crippen LogP contribution in [0.3, 0.4) is 0 Å². The number of ether oxygens (including phenoxy) is 2. The van der Waals surface area contributed by atoms with E-state index in [2.05, 4.69) is 15.9 Å². The monoisotopic (exact) mass is 441 g/mol. The highest BCUT2D eigenvalue weighted by Crippen LogP contribution is 2.31. The van der Waals surface area contributed by atoms with E-state index in [1.807, 2.05) is 30.3 Å². The van der Waals surface area contributed by atoms with Gasteiger partial charge in [0.15, 0.2) is 11.0 Å². The van der Waals surface area contributed by atoms with E-state index in [0.29, 0.717) is 74.0 Å². The minimum atomic E-state index is -0.491. The van der Waals surface area contributed by atoms with E-state index in [4.69, 9.17) is 19.4 Å². The Hall–Kier alpha value is -2.22. The predicted molar refractivity (Wildman–Crippen MR) is 119 cm³/mol. The number of aromatic nitrogens is 2. The van der Waals surface area contributed by atoms with E-state index in [0.717, 1.165) is 18.7 Å². The third kappa shape index (κ3) is 5.73. The fraction of sp³-hybridized carbons (Fsp3) is 0.500. The number of hydrogen-bond acceptors (Lipinski definition) is 9. The summed E-state index contributed by atoms with van der Waals surface area (Å²) in [6, 6.07) is 12.0. The molecular weight excluding hydrogens is 414 g/mol. The summed E-state index contributed by atoms with van der Waals surface area (Å²) in [5.74, 6) is 1.13. The third-order valence-corrected chi connectivity index (χ3v) is 6.31. The number of anilines is 1. The normalized spacial score (nSPS) is 18.5. The smallest absolute Gasteiger partial charge is 0.190 e. The molecule has 2 aromatic rings. The molecule has 9 heteroatoms. The molecule has 2 aliphatic rings. The zero-order valence-corrected chi connectivity index (χ0v) is 18.3. The lowest BCUT2D eigenvalue weighted by atomic mass is 10.1. The molecule has 0 bridgehead atoms. The van der Waals surface area contributed by atoms with E-state index < -0.39 is 6.10 Å². The van der Waals surface area contributed by atoms with E-state index in [9.17, 15) is 10.4 Å². The van der Waals surface area contributed by atoms with Crippen LogP contribution >= 0.6 is 11.8 Å². The maximum Gasteiger partial charge on any atom is 0.190 e. The average molecular weight is 442 g/mol. The fourth-order valence-electron chi connectivity index (χ4n) is 3.71. The van der Waals surface area contributed by atoms with E-state index in [-0.39, 0.29) is 0 Å². The summed E-state index contributed by atoms with van der Waals surface area (Å²) in [7, 11) is 0. The van der Waals surface area contributed by atoms with Gasteiger partial charge >= 0.3 is 0 Å². The highest BCUT2D eigenvalue weighted by atomic mass is 32.2. The van der Waals surface area contributed by atoms with Crippen LogP contribution in [-0.4, -0.2) is 91.0 Å². The van der Waals surface area contributed by atoms with E-state index in [1.54, 1.807) is 0 Å². The van der Waals surface area contributed by atoms with Crippen LogP contribution in [0.2, 0.25) is 0 Å². The highest BCUT2D eigenvalue weighted by molar-refractivity contribution is 7.99. The molecule has 4 rings (SSSR count). The van der Waals surface area contributed by atoms with Crippen molar-refractivity contribution < 1.29 is 14.6 Å². The molecule has 1 unspecified atom stereocenters. The molecule has 0 radical (unpaired) electrons. The van der Waals surface area contributed by atoms with Crippen molar-refractivity contribution in [2.75, 3.05) is 69.8 Å². The van der Waals surface area contributed by atoms with Gasteiger partial charge in [-0.05, 0) is 0 Å². The fourth-order valence-corrected chi connectivity index (χ4v) is 4.46. The second-order valence-corrected chi connectivity index (χ2v) is 8.50. The third-order valence-electron chi connectivity index (χ3n) is 5.32. The van der Waals surface area contributed by atoms with Crippen LogP contribution in [0.4, 0.5) is 5.82 Å². The van der Waals surface area contributed by atoms with Crippen LogP contribution in [0.25, 0.3) is 11.3 Å². The Morgan fingerprint density at radius 1 is 1.03 bits per heavy atom. The van der Waals surface area contributed by atoms with Gasteiger partial charge in [0, 0.05) is 44.0 Å². The molecular formula is C22H27N5O3S. The second kappa shape index (κ2) is 10.9. The molecule has 1 N–H and O–H groups in total. The van der Waals surface area contributed by atoms with Crippen LogP contribution in [-0.2, 0) is 9.47 Å². The molecule has 2 fully saturated rings. The Morgan fingerprint density at radius 3 is 2.39 bits per heavy atom. The summed E-state index contributed by atoms with van der Waals surface area (Å²) in [4.78, 5) is 13.7. The molecule has 2 aliphatic heterocycles. The molecule has 2 saturated heterocycles. The van der Waals surface area contributed by atoms with Gasteiger partial charge in [-0.3, -0.25) is 4.90 Å². The number of aliphatic hydroxyl groups is 1. The number of β-amino-alcohol motifs (C(OH)–C–C–N with tert-alkyl or cyclic N) is 1. The maximum atomic E-state index is 10.5. The SMILES string of the molecule is N#Cc1c(-c2ccccc2)nc(SCC(O)CN2CCOCC2)nc1N1CCOCC1. The van der Waals surface area contributed by atoms with Crippen molar-refractivity contribution in [1.82, 2.24) is 14.9 Å². The Bertz CT molecular complexity index is 896. The Balaban J connectivity index is 1.57. The summed E-state index contributed by atoms with van der Waals surface area (Å²) < 4.78 is 10.8. The number of rotatable bonds is 7. The van der Waals surface area contributed by atoms with Crippen molar-refractivity contribution in [2.45, 2.75) is 11.3 Å². The molecule has 8 nitrogen and oxygen atoms in total. The molecule has 0 saturated carbocycles. The first-order valence-electron chi connectivity index (χ1n) is 10.6. The van der Waals surface area contributed by atoms with Crippen molar-refractivity contribution >= 4 is 17.6 Å². The summed E-state index contributed by atoms with van der Waals surface area (Å²) in [5.41, 5.74) is 1.99. The van der Waals surface area contributed by atoms with Gasteiger partial charge in [-0.2, -0.15) is 5.26 Å². The van der Waals surface area contributed by atoms with Crippen molar-refractivity contribution in [3.63, 3.8) is 0 Å². The van der Waals surface area contributed by atoms with Gasteiger partial charge < -0.3 is 19.5 Å². The first-order valence-corrected chi connectivity index (χ1v) is 11.5. The molecule has 0 spiro atoms. The van der Waals surface area contributed by atoms with Crippen LogP contribution < -0.4 is 4.90 Å². The minimum Gasteiger partial charge on any atom is -0.391 e. The highest BCUT2D eigenvalue weighted by Gasteiger charge is 2.23. The number of nitriles is 1. The molecule has 1 atom stereocenters. The first-order chi connectivity index (χ1) is 15.2. The summed E-state index contributed by atoms with van der Waals surface area (Å²) in [6.45, 7) is 6.29. The molecule has 1 aromatic carbocycles. The Labute approximate surface area is 186 Å². The van der Waals surface area contributed by atoms with Crippen molar-refractivity contribution in [3.05, 3.63) is 35.9 Å². The van der Waals surface area contributed by atoms with E-state index >= 15 is 0 Å². The molecule has 164 valence electrons. The maximum absolute atomic E-state index is 10.5. The van der Waals surface area contributed by atoms with Crippen LogP contribution in [0.1, 0.15) is 5.56 Å². The summed E-state index contributed by atoms with van der Waals surface area (Å²) in [6.07, 6.45) is -0.491. The number of benzene rings is 1. The lowest BCUT2D eigenvalue weighted by molar-refractivity contribution is 0.0188. The number of hydrogen-bond donors (Lipinski definition) is 1. The number of thioether (sulfide) groups is 1. The largest absolute Gasteiger partial charge is 0.391 e. The molecule has 3 heterocycles. The van der Waals surface area contributed by atoms with Gasteiger partial charge in [-0.15, -0.1) is 0 Å². The zero-order chi connectivity index (χ0) is 21.5. The first kappa shape index (κ1) is 22.0. The van der Waals surface area contributed by atoms with Gasteiger partial charge in [-0.1, -0.05) is 42.1 Å². The van der Waals surface area contributed by atoms with Gasteiger partial charge in [0.25, 0.3) is 0 Å². The summed E-state index contributed by atoms with van der Waals surface area (Å²) >= 11 is 1.43. The van der Waals surface area contributed by atoms with Crippen molar-refractivity contribution in [2.24, 2.45) is 0 Å². The van der Waals surface area contributed by atoms with Gasteiger partial charge in [0.05, 0.1) is 38.2 Å². The number of aliphatic hydroxyl groups excluding tert-OH is 1. The lowest BCUT2D eigenvalue weighted by Gasteiger charge is -2.29. The molecule has 1 aromatic heterocycles. The number of nitrogens with zero attached hydrogens (tertiary/aromatic N) is 5.